The number of H-pyrrole nitrogens is 1. The van der Waals surface area contributed by atoms with Gasteiger partial charge in [-0.2, -0.15) is 5.10 Å². The molecule has 0 fully saturated rings. The van der Waals surface area contributed by atoms with Crippen molar-refractivity contribution in [3.63, 3.8) is 0 Å². The second-order valence-corrected chi connectivity index (χ2v) is 2.93. The minimum absolute atomic E-state index is 0.214. The van der Waals surface area contributed by atoms with E-state index in [-0.39, 0.29) is 11.6 Å². The Labute approximate surface area is 84.5 Å². The van der Waals surface area contributed by atoms with E-state index in [1.807, 2.05) is 0 Å². The first-order valence-corrected chi connectivity index (χ1v) is 4.13. The highest BCUT2D eigenvalue weighted by atomic mass is 16.2. The Morgan fingerprint density at radius 2 is 2.47 bits per heavy atom. The number of nitrogens with one attached hydrogen (secondary N) is 2. The van der Waals surface area contributed by atoms with Gasteiger partial charge < -0.3 is 11.1 Å². The predicted molar refractivity (Wildman–Crippen MR) is 52.0 cm³/mol. The van der Waals surface area contributed by atoms with Gasteiger partial charge in [-0.05, 0) is 0 Å². The maximum absolute atomic E-state index is 11.5. The third-order valence-electron chi connectivity index (χ3n) is 1.74. The van der Waals surface area contributed by atoms with Gasteiger partial charge in [0.25, 0.3) is 5.91 Å². The Bertz CT molecular complexity index is 485. The minimum Gasteiger partial charge on any atom is -0.394 e. The van der Waals surface area contributed by atoms with E-state index in [1.54, 1.807) is 7.05 Å². The Morgan fingerprint density at radius 1 is 1.67 bits per heavy atom. The molecule has 0 aliphatic carbocycles. The summed E-state index contributed by atoms with van der Waals surface area (Å²) in [5, 5.41) is 16.0. The van der Waals surface area contributed by atoms with E-state index in [0.717, 1.165) is 0 Å². The normalized spacial score (nSPS) is 10.2. The van der Waals surface area contributed by atoms with Crippen molar-refractivity contribution in [2.75, 3.05) is 11.1 Å². The van der Waals surface area contributed by atoms with Crippen LogP contribution < -0.4 is 11.1 Å². The molecular weight excluding hydrogens is 198 g/mol. The van der Waals surface area contributed by atoms with Gasteiger partial charge in [0.05, 0.1) is 18.1 Å². The lowest BCUT2D eigenvalue weighted by Crippen LogP contribution is -2.13. The molecule has 0 bridgehead atoms. The number of hydrogen-bond acceptors (Lipinski definition) is 5. The lowest BCUT2D eigenvalue weighted by Gasteiger charge is -1.99. The van der Waals surface area contributed by atoms with E-state index < -0.39 is 0 Å². The molecule has 0 unspecified atom stereocenters. The van der Waals surface area contributed by atoms with Gasteiger partial charge in [0.1, 0.15) is 0 Å². The number of nitrogens with two attached hydrogens (primary N) is 1. The van der Waals surface area contributed by atoms with Gasteiger partial charge in [-0.1, -0.05) is 5.21 Å². The van der Waals surface area contributed by atoms with Gasteiger partial charge in [-0.25, -0.2) is 0 Å². The molecule has 2 aromatic heterocycles. The fourth-order valence-electron chi connectivity index (χ4n) is 1.02. The zero-order chi connectivity index (χ0) is 10.8. The largest absolute Gasteiger partial charge is 0.394 e. The average Bonchev–Trinajstić information content (AvgIpc) is 2.77. The summed E-state index contributed by atoms with van der Waals surface area (Å²) >= 11 is 0. The molecule has 0 aliphatic heterocycles. The fraction of sp³-hybridized carbons (Fsp3) is 0.143. The Morgan fingerprint density at radius 3 is 3.00 bits per heavy atom. The SMILES string of the molecule is Cn1cc(C(=O)Nc2[nH]ncc2N)nn1. The summed E-state index contributed by atoms with van der Waals surface area (Å²) in [6.07, 6.45) is 2.91. The van der Waals surface area contributed by atoms with E-state index >= 15 is 0 Å². The summed E-state index contributed by atoms with van der Waals surface area (Å²) in [5.41, 5.74) is 6.10. The van der Waals surface area contributed by atoms with Crippen LogP contribution in [0.4, 0.5) is 11.5 Å². The Balaban J connectivity index is 2.14. The molecule has 15 heavy (non-hydrogen) atoms. The molecule has 0 spiro atoms. The molecule has 0 aliphatic rings. The van der Waals surface area contributed by atoms with Crippen molar-refractivity contribution in [1.82, 2.24) is 25.2 Å². The summed E-state index contributed by atoms with van der Waals surface area (Å²) in [6.45, 7) is 0. The molecule has 0 aromatic carbocycles. The number of anilines is 2. The van der Waals surface area contributed by atoms with Crippen LogP contribution in [0.5, 0.6) is 0 Å². The highest BCUT2D eigenvalue weighted by Gasteiger charge is 2.12. The van der Waals surface area contributed by atoms with E-state index in [1.165, 1.54) is 17.1 Å². The topological polar surface area (TPSA) is 115 Å². The van der Waals surface area contributed by atoms with Gasteiger partial charge in [-0.3, -0.25) is 14.6 Å². The Kier molecular flexibility index (Phi) is 2.08. The molecular formula is C7H9N7O. The quantitative estimate of drug-likeness (QED) is 0.606. The number of carbonyl (C=O) groups is 1. The number of hydrogen-bond donors (Lipinski definition) is 3. The molecule has 2 aromatic rings. The third-order valence-corrected chi connectivity index (χ3v) is 1.74. The van der Waals surface area contributed by atoms with Crippen molar-refractivity contribution in [3.05, 3.63) is 18.1 Å². The minimum atomic E-state index is -0.390. The summed E-state index contributed by atoms with van der Waals surface area (Å²) in [7, 11) is 1.67. The van der Waals surface area contributed by atoms with Crippen molar-refractivity contribution < 1.29 is 4.79 Å². The first kappa shape index (κ1) is 9.19. The van der Waals surface area contributed by atoms with Crippen molar-refractivity contribution in [2.24, 2.45) is 7.05 Å². The van der Waals surface area contributed by atoms with Crippen molar-refractivity contribution in [1.29, 1.82) is 0 Å². The first-order chi connectivity index (χ1) is 7.16. The standard InChI is InChI=1S/C7H9N7O/c1-14-3-5(11-13-14)7(15)10-6-4(8)2-9-12-6/h2-3H,8H2,1H3,(H2,9,10,12,15). The van der Waals surface area contributed by atoms with Gasteiger partial charge >= 0.3 is 0 Å². The number of rotatable bonds is 2. The summed E-state index contributed by atoms with van der Waals surface area (Å²) in [4.78, 5) is 11.5. The molecule has 0 saturated carbocycles. The number of aryl methyl sites for hydroxylation is 1. The Hall–Kier alpha value is -2.38. The third kappa shape index (κ3) is 1.77. The van der Waals surface area contributed by atoms with Crippen LogP contribution in [0, 0.1) is 0 Å². The molecule has 0 atom stereocenters. The number of carbonyl (C=O) groups excluding carboxylic acids is 1. The number of aromatic amines is 1. The van der Waals surface area contributed by atoms with Crippen LogP contribution in [0.3, 0.4) is 0 Å². The zero-order valence-electron chi connectivity index (χ0n) is 7.93. The second kappa shape index (κ2) is 3.40. The van der Waals surface area contributed by atoms with Crippen LogP contribution >= 0.6 is 0 Å². The maximum atomic E-state index is 11.5. The molecule has 2 heterocycles. The monoisotopic (exact) mass is 207 g/mol. The van der Waals surface area contributed by atoms with Crippen molar-refractivity contribution in [2.45, 2.75) is 0 Å². The van der Waals surface area contributed by atoms with Crippen LogP contribution in [0.1, 0.15) is 10.5 Å². The number of nitrogens with zero attached hydrogens (tertiary/aromatic N) is 4. The predicted octanol–water partition coefficient (Wildman–Crippen LogP) is -0.627. The van der Waals surface area contributed by atoms with Crippen LogP contribution in [0.15, 0.2) is 12.4 Å². The lowest BCUT2D eigenvalue weighted by molar-refractivity contribution is 0.102. The molecule has 78 valence electrons. The van der Waals surface area contributed by atoms with Gasteiger partial charge in [-0.15, -0.1) is 5.10 Å². The summed E-state index contributed by atoms with van der Waals surface area (Å²) < 4.78 is 1.44. The molecule has 2 rings (SSSR count). The van der Waals surface area contributed by atoms with E-state index in [2.05, 4.69) is 25.8 Å². The second-order valence-electron chi connectivity index (χ2n) is 2.93. The highest BCUT2D eigenvalue weighted by Crippen LogP contribution is 2.12. The lowest BCUT2D eigenvalue weighted by atomic mass is 10.4. The number of amides is 1. The van der Waals surface area contributed by atoms with Crippen LogP contribution in [-0.4, -0.2) is 31.1 Å². The number of nitrogen functional groups attached to an aromatic ring is 1. The highest BCUT2D eigenvalue weighted by molar-refractivity contribution is 6.03. The molecule has 4 N–H and O–H groups in total. The summed E-state index contributed by atoms with van der Waals surface area (Å²) in [6, 6.07) is 0. The molecule has 8 heteroatoms. The van der Waals surface area contributed by atoms with Gasteiger partial charge in [0.15, 0.2) is 11.5 Å². The zero-order valence-corrected chi connectivity index (χ0v) is 7.93. The fourth-order valence-corrected chi connectivity index (χ4v) is 1.02. The van der Waals surface area contributed by atoms with Crippen LogP contribution in [-0.2, 0) is 7.05 Å². The number of aromatic nitrogens is 5. The van der Waals surface area contributed by atoms with E-state index in [9.17, 15) is 4.79 Å². The molecule has 0 radical (unpaired) electrons. The van der Waals surface area contributed by atoms with Gasteiger partial charge in [0.2, 0.25) is 0 Å². The van der Waals surface area contributed by atoms with Crippen LogP contribution in [0.25, 0.3) is 0 Å². The van der Waals surface area contributed by atoms with Crippen molar-refractivity contribution >= 4 is 17.4 Å². The smallest absolute Gasteiger partial charge is 0.279 e. The van der Waals surface area contributed by atoms with Gasteiger partial charge in [0, 0.05) is 7.05 Å². The van der Waals surface area contributed by atoms with E-state index in [4.69, 9.17) is 5.73 Å². The van der Waals surface area contributed by atoms with Crippen LogP contribution in [0.2, 0.25) is 0 Å². The maximum Gasteiger partial charge on any atom is 0.279 e. The van der Waals surface area contributed by atoms with E-state index in [0.29, 0.717) is 11.5 Å². The first-order valence-electron chi connectivity index (χ1n) is 4.13. The summed E-state index contributed by atoms with van der Waals surface area (Å²) in [5.74, 6) is -0.0373. The molecule has 1 amide bonds. The molecule has 0 saturated heterocycles. The molecule has 8 nitrogen and oxygen atoms in total. The average molecular weight is 207 g/mol. The van der Waals surface area contributed by atoms with Crippen molar-refractivity contribution in [3.8, 4) is 0 Å².